The van der Waals surface area contributed by atoms with Gasteiger partial charge in [-0.1, -0.05) is 17.7 Å². The molecule has 8 heteroatoms. The van der Waals surface area contributed by atoms with Gasteiger partial charge in [-0.05, 0) is 30.7 Å². The first-order chi connectivity index (χ1) is 11.7. The predicted octanol–water partition coefficient (Wildman–Crippen LogP) is 3.01. The highest BCUT2D eigenvalue weighted by Gasteiger charge is 2.36. The lowest BCUT2D eigenvalue weighted by Crippen LogP contribution is -2.32. The second-order valence-electron chi connectivity index (χ2n) is 5.49. The summed E-state index contributed by atoms with van der Waals surface area (Å²) in [6, 6.07) is 1.59. The number of alkyl halides is 2. The lowest BCUT2D eigenvalue weighted by atomic mass is 9.98. The lowest BCUT2D eigenvalue weighted by Gasteiger charge is -2.26. The first-order valence-electron chi connectivity index (χ1n) is 7.39. The Kier molecular flexibility index (Phi) is 5.59. The molecule has 0 aliphatic heterocycles. The number of allylic oxidation sites excluding steroid dienone is 2. The van der Waals surface area contributed by atoms with Gasteiger partial charge in [-0.25, -0.2) is 14.2 Å². The van der Waals surface area contributed by atoms with Crippen LogP contribution in [0.5, 0.6) is 0 Å². The van der Waals surface area contributed by atoms with Crippen LogP contribution in [0.2, 0.25) is 0 Å². The number of esters is 1. The van der Waals surface area contributed by atoms with Gasteiger partial charge in [0.05, 0.1) is 12.8 Å². The van der Waals surface area contributed by atoms with Gasteiger partial charge in [0, 0.05) is 25.3 Å². The first-order valence-corrected chi connectivity index (χ1v) is 7.77. The molecular weight excluding hydrogens is 351 g/mol. The molecular formula is C17H18ClFN2O4. The Morgan fingerprint density at radius 2 is 2.08 bits per heavy atom. The van der Waals surface area contributed by atoms with Crippen LogP contribution in [-0.4, -0.2) is 42.3 Å². The minimum absolute atomic E-state index is 0.0509. The maximum atomic E-state index is 14.2. The van der Waals surface area contributed by atoms with Crippen molar-refractivity contribution in [3.05, 3.63) is 41.2 Å². The maximum Gasteiger partial charge on any atom is 0.357 e. The molecule has 1 aliphatic carbocycles. The van der Waals surface area contributed by atoms with E-state index in [-0.39, 0.29) is 11.6 Å². The molecule has 134 valence electrons. The largest absolute Gasteiger partial charge is 0.464 e. The summed E-state index contributed by atoms with van der Waals surface area (Å²) in [6.45, 7) is 2.99. The zero-order valence-electron chi connectivity index (χ0n) is 14.2. The Balaban J connectivity index is 2.58. The summed E-state index contributed by atoms with van der Waals surface area (Å²) in [5.41, 5.74) is 1.77. The quantitative estimate of drug-likeness (QED) is 0.653. The van der Waals surface area contributed by atoms with E-state index in [2.05, 4.69) is 10.3 Å². The smallest absolute Gasteiger partial charge is 0.357 e. The van der Waals surface area contributed by atoms with Gasteiger partial charge in [0.2, 0.25) is 11.0 Å². The fourth-order valence-electron chi connectivity index (χ4n) is 2.39. The topological polar surface area (TPSA) is 77.5 Å². The van der Waals surface area contributed by atoms with Crippen LogP contribution >= 0.6 is 11.6 Å². The molecule has 2 unspecified atom stereocenters. The van der Waals surface area contributed by atoms with E-state index >= 15 is 0 Å². The zero-order chi connectivity index (χ0) is 18.8. The van der Waals surface area contributed by atoms with E-state index in [1.54, 1.807) is 13.0 Å². The van der Waals surface area contributed by atoms with E-state index in [1.807, 2.05) is 0 Å². The van der Waals surface area contributed by atoms with Gasteiger partial charge in [-0.2, -0.15) is 0 Å². The van der Waals surface area contributed by atoms with Crippen molar-refractivity contribution in [2.75, 3.05) is 19.5 Å². The molecule has 2 rings (SSSR count). The van der Waals surface area contributed by atoms with Crippen molar-refractivity contribution in [2.45, 2.75) is 25.1 Å². The first kappa shape index (κ1) is 19.1. The number of hydrogen-bond acceptors (Lipinski definition) is 5. The van der Waals surface area contributed by atoms with Gasteiger partial charge in [0.25, 0.3) is 0 Å². The van der Waals surface area contributed by atoms with Crippen LogP contribution < -0.4 is 5.32 Å². The van der Waals surface area contributed by atoms with Crippen LogP contribution in [0, 0.1) is 6.92 Å². The summed E-state index contributed by atoms with van der Waals surface area (Å²) < 4.78 is 23.9. The molecule has 0 saturated carbocycles. The maximum absolute atomic E-state index is 14.2. The standard InChI is InChI=1S/C17H18ClFN2O4/c1-9-12(20-10(2)22)8-13(21-15(9)16(23)25-4)11-5-6-17(18,19)14(7-11)24-3/h5-8,14H,1-4H3,(H,20,21,22). The summed E-state index contributed by atoms with van der Waals surface area (Å²) in [6.07, 6.45) is 3.03. The van der Waals surface area contributed by atoms with Gasteiger partial charge in [0.1, 0.15) is 6.10 Å². The minimum atomic E-state index is -2.17. The highest BCUT2D eigenvalue weighted by molar-refractivity contribution is 6.25. The molecule has 1 amide bonds. The Morgan fingerprint density at radius 3 is 2.64 bits per heavy atom. The monoisotopic (exact) mass is 368 g/mol. The predicted molar refractivity (Wildman–Crippen MR) is 92.2 cm³/mol. The third-order valence-corrected chi connectivity index (χ3v) is 4.05. The number of halogens is 2. The molecule has 0 aromatic carbocycles. The number of nitrogens with one attached hydrogen (secondary N) is 1. The summed E-state index contributed by atoms with van der Waals surface area (Å²) in [4.78, 5) is 27.7. The van der Waals surface area contributed by atoms with Crippen molar-refractivity contribution < 1.29 is 23.5 Å². The average Bonchev–Trinajstić information content (AvgIpc) is 2.55. The summed E-state index contributed by atoms with van der Waals surface area (Å²) in [5, 5.41) is 0.472. The van der Waals surface area contributed by atoms with Crippen molar-refractivity contribution >= 4 is 34.7 Å². The molecule has 1 aliphatic rings. The van der Waals surface area contributed by atoms with Crippen molar-refractivity contribution in [2.24, 2.45) is 0 Å². The van der Waals surface area contributed by atoms with E-state index in [0.717, 1.165) is 6.08 Å². The molecule has 0 bridgehead atoms. The molecule has 1 aromatic heterocycles. The number of nitrogens with zero attached hydrogens (tertiary/aromatic N) is 1. The Hall–Kier alpha value is -2.25. The minimum Gasteiger partial charge on any atom is -0.464 e. The van der Waals surface area contributed by atoms with Crippen molar-refractivity contribution in [3.63, 3.8) is 0 Å². The molecule has 6 nitrogen and oxygen atoms in total. The number of anilines is 1. The van der Waals surface area contributed by atoms with Gasteiger partial charge in [-0.15, -0.1) is 0 Å². The summed E-state index contributed by atoms with van der Waals surface area (Å²) in [7, 11) is 2.57. The second-order valence-corrected chi connectivity index (χ2v) is 6.07. The number of ether oxygens (including phenoxy) is 2. The highest BCUT2D eigenvalue weighted by Crippen LogP contribution is 2.35. The molecule has 0 fully saturated rings. The van der Waals surface area contributed by atoms with E-state index in [9.17, 15) is 14.0 Å². The number of aromatic nitrogens is 1. The van der Waals surface area contributed by atoms with E-state index in [4.69, 9.17) is 21.1 Å². The number of carbonyl (C=O) groups is 2. The third-order valence-electron chi connectivity index (χ3n) is 3.71. The number of amides is 1. The number of methoxy groups -OCH3 is 2. The fraction of sp³-hybridized carbons (Fsp3) is 0.353. The van der Waals surface area contributed by atoms with Crippen LogP contribution in [-0.2, 0) is 14.3 Å². The SMILES string of the molecule is COC(=O)c1nc(C2=CC(OC)C(F)(Cl)C=C2)cc(NC(C)=O)c1C. The van der Waals surface area contributed by atoms with Crippen molar-refractivity contribution in [3.8, 4) is 0 Å². The second kappa shape index (κ2) is 7.33. The van der Waals surface area contributed by atoms with Crippen LogP contribution in [0.3, 0.4) is 0 Å². The number of hydrogen-bond donors (Lipinski definition) is 1. The third kappa shape index (κ3) is 4.05. The molecule has 0 saturated heterocycles. The van der Waals surface area contributed by atoms with Crippen LogP contribution in [0.1, 0.15) is 28.7 Å². The van der Waals surface area contributed by atoms with Crippen molar-refractivity contribution in [1.29, 1.82) is 0 Å². The highest BCUT2D eigenvalue weighted by atomic mass is 35.5. The van der Waals surface area contributed by atoms with Crippen LogP contribution in [0.25, 0.3) is 5.57 Å². The van der Waals surface area contributed by atoms with E-state index < -0.39 is 17.2 Å². The fourth-order valence-corrected chi connectivity index (χ4v) is 2.61. The summed E-state index contributed by atoms with van der Waals surface area (Å²) in [5.74, 6) is -0.950. The van der Waals surface area contributed by atoms with Gasteiger partial charge in [-0.3, -0.25) is 4.79 Å². The Labute approximate surface area is 149 Å². The van der Waals surface area contributed by atoms with Crippen molar-refractivity contribution in [1.82, 2.24) is 4.98 Å². The molecule has 1 aromatic rings. The van der Waals surface area contributed by atoms with Gasteiger partial charge in [0.15, 0.2) is 5.69 Å². The zero-order valence-corrected chi connectivity index (χ0v) is 15.0. The molecule has 1 heterocycles. The molecule has 25 heavy (non-hydrogen) atoms. The number of rotatable bonds is 4. The lowest BCUT2D eigenvalue weighted by molar-refractivity contribution is -0.114. The number of carbonyl (C=O) groups excluding carboxylic acids is 2. The average molecular weight is 369 g/mol. The normalized spacial score (nSPS) is 22.3. The van der Waals surface area contributed by atoms with Crippen LogP contribution in [0.15, 0.2) is 24.3 Å². The molecule has 1 N–H and O–H groups in total. The Bertz CT molecular complexity index is 774. The van der Waals surface area contributed by atoms with E-state index in [1.165, 1.54) is 33.3 Å². The number of pyridine rings is 1. The molecule has 0 spiro atoms. The Morgan fingerprint density at radius 1 is 1.40 bits per heavy atom. The van der Waals surface area contributed by atoms with Gasteiger partial charge >= 0.3 is 5.97 Å². The van der Waals surface area contributed by atoms with Crippen LogP contribution in [0.4, 0.5) is 10.1 Å². The molecule has 2 atom stereocenters. The van der Waals surface area contributed by atoms with Gasteiger partial charge < -0.3 is 14.8 Å². The summed E-state index contributed by atoms with van der Waals surface area (Å²) >= 11 is 5.75. The molecule has 0 radical (unpaired) electrons. The van der Waals surface area contributed by atoms with E-state index in [0.29, 0.717) is 22.5 Å².